The van der Waals surface area contributed by atoms with Crippen LogP contribution in [0.2, 0.25) is 0 Å². The van der Waals surface area contributed by atoms with Crippen LogP contribution in [0, 0.1) is 0 Å². The van der Waals surface area contributed by atoms with Crippen molar-refractivity contribution in [3.05, 3.63) is 92.0 Å². The van der Waals surface area contributed by atoms with E-state index in [9.17, 15) is 4.79 Å². The zero-order chi connectivity index (χ0) is 31.2. The fraction of sp³-hybridized carbons (Fsp3) is 0.212. The summed E-state index contributed by atoms with van der Waals surface area (Å²) in [5, 5.41) is 4.79. The van der Waals surface area contributed by atoms with Crippen molar-refractivity contribution in [1.29, 1.82) is 0 Å². The van der Waals surface area contributed by atoms with Crippen LogP contribution in [0.15, 0.2) is 92.0 Å². The van der Waals surface area contributed by atoms with Crippen LogP contribution < -0.4 is 24.7 Å². The van der Waals surface area contributed by atoms with E-state index >= 15 is 0 Å². The summed E-state index contributed by atoms with van der Waals surface area (Å²) in [5.41, 5.74) is 5.46. The molecule has 0 spiro atoms. The van der Waals surface area contributed by atoms with E-state index in [2.05, 4.69) is 31.7 Å². The Morgan fingerprint density at radius 3 is 2.41 bits per heavy atom. The number of nitrogens with zero attached hydrogens (tertiary/aromatic N) is 7. The Hall–Kier alpha value is -5.42. The number of methoxy groups -OCH3 is 2. The Morgan fingerprint density at radius 1 is 0.932 bits per heavy atom. The predicted octanol–water partition coefficient (Wildman–Crippen LogP) is 5.23. The lowest BCUT2D eigenvalue weighted by atomic mass is 10.0. The van der Waals surface area contributed by atoms with Gasteiger partial charge in [-0.05, 0) is 56.1 Å². The molecule has 3 aromatic carbocycles. The zero-order valence-corrected chi connectivity index (χ0v) is 25.6. The number of hydrogen-bond acceptors (Lipinski definition) is 9. The molecule has 1 N–H and O–H groups in total. The number of benzene rings is 3. The number of imidazole rings is 1. The minimum Gasteiger partial charge on any atom is -0.497 e. The molecule has 1 amide bonds. The molecule has 0 aliphatic carbocycles. The normalized spacial score (nSPS) is 11.0. The van der Waals surface area contributed by atoms with Crippen molar-refractivity contribution in [3.63, 3.8) is 0 Å². The van der Waals surface area contributed by atoms with Gasteiger partial charge in [0, 0.05) is 44.2 Å². The third-order valence-corrected chi connectivity index (χ3v) is 7.16. The monoisotopic (exact) mass is 592 g/mol. The first-order valence-corrected chi connectivity index (χ1v) is 14.0. The summed E-state index contributed by atoms with van der Waals surface area (Å²) in [5.74, 6) is 1.35. The first kappa shape index (κ1) is 30.1. The number of amides is 1. The lowest BCUT2D eigenvalue weighted by Gasteiger charge is -2.29. The van der Waals surface area contributed by atoms with E-state index in [0.717, 1.165) is 46.7 Å². The molecule has 0 saturated heterocycles. The van der Waals surface area contributed by atoms with E-state index in [1.54, 1.807) is 39.0 Å². The lowest BCUT2D eigenvalue weighted by molar-refractivity contribution is -0.111. The van der Waals surface area contributed by atoms with Crippen molar-refractivity contribution in [2.45, 2.75) is 0 Å². The van der Waals surface area contributed by atoms with Gasteiger partial charge >= 0.3 is 0 Å². The van der Waals surface area contributed by atoms with Crippen LogP contribution in [0.3, 0.4) is 0 Å². The maximum atomic E-state index is 12.6. The van der Waals surface area contributed by atoms with Gasteiger partial charge in [0.2, 0.25) is 11.9 Å². The molecule has 0 saturated carbocycles. The van der Waals surface area contributed by atoms with Gasteiger partial charge in [-0.15, -0.1) is 0 Å². The SMILES string of the molecule is C=CC(=O)Nc1cc(N(c2ncccn2)n2cnc3c(-c4cccc(OC)c4)cccc32)c(OC)cc1N(C)CCN(C)C. The first-order valence-electron chi connectivity index (χ1n) is 14.0. The van der Waals surface area contributed by atoms with Crippen LogP contribution in [0.4, 0.5) is 23.0 Å². The number of anilines is 4. The minimum absolute atomic E-state index is 0.332. The number of nitrogens with one attached hydrogen (secondary N) is 1. The lowest BCUT2D eigenvalue weighted by Crippen LogP contribution is -2.30. The van der Waals surface area contributed by atoms with Gasteiger partial charge in [-0.2, -0.15) is 0 Å². The second-order valence-corrected chi connectivity index (χ2v) is 10.3. The summed E-state index contributed by atoms with van der Waals surface area (Å²) in [4.78, 5) is 30.8. The smallest absolute Gasteiger partial charge is 0.249 e. The summed E-state index contributed by atoms with van der Waals surface area (Å²) in [6, 6.07) is 19.4. The Labute approximate surface area is 257 Å². The van der Waals surface area contributed by atoms with E-state index in [0.29, 0.717) is 23.1 Å². The average molecular weight is 593 g/mol. The first-order chi connectivity index (χ1) is 21.3. The third kappa shape index (κ3) is 6.18. The third-order valence-electron chi connectivity index (χ3n) is 7.16. The molecule has 0 unspecified atom stereocenters. The second kappa shape index (κ2) is 13.3. The maximum Gasteiger partial charge on any atom is 0.249 e. The van der Waals surface area contributed by atoms with Gasteiger partial charge < -0.3 is 24.6 Å². The van der Waals surface area contributed by atoms with E-state index in [1.165, 1.54) is 6.08 Å². The summed E-state index contributed by atoms with van der Waals surface area (Å²) < 4.78 is 13.3. The molecule has 44 heavy (non-hydrogen) atoms. The van der Waals surface area contributed by atoms with E-state index in [1.807, 2.05) is 85.4 Å². The molecule has 0 aliphatic heterocycles. The molecule has 0 atom stereocenters. The molecule has 0 fully saturated rings. The summed E-state index contributed by atoms with van der Waals surface area (Å²) >= 11 is 0. The fourth-order valence-corrected chi connectivity index (χ4v) is 4.89. The molecule has 226 valence electrons. The van der Waals surface area contributed by atoms with Gasteiger partial charge in [0.1, 0.15) is 23.5 Å². The zero-order valence-electron chi connectivity index (χ0n) is 25.6. The van der Waals surface area contributed by atoms with E-state index in [-0.39, 0.29) is 5.91 Å². The molecule has 5 rings (SSSR count). The van der Waals surface area contributed by atoms with Gasteiger partial charge in [0.05, 0.1) is 36.6 Å². The molecule has 0 radical (unpaired) electrons. The maximum absolute atomic E-state index is 12.6. The number of hydrogen-bond donors (Lipinski definition) is 1. The number of aromatic nitrogens is 4. The highest BCUT2D eigenvalue weighted by Crippen LogP contribution is 2.42. The van der Waals surface area contributed by atoms with Gasteiger partial charge in [-0.25, -0.2) is 24.6 Å². The summed E-state index contributed by atoms with van der Waals surface area (Å²) in [7, 11) is 9.27. The van der Waals surface area contributed by atoms with Crippen molar-refractivity contribution in [3.8, 4) is 22.6 Å². The van der Waals surface area contributed by atoms with Crippen molar-refractivity contribution in [1.82, 2.24) is 24.5 Å². The number of ether oxygens (including phenoxy) is 2. The number of para-hydroxylation sites is 1. The van der Waals surface area contributed by atoms with Crippen LogP contribution >= 0.6 is 0 Å². The summed E-state index contributed by atoms with van der Waals surface area (Å²) in [6.45, 7) is 5.18. The Morgan fingerprint density at radius 2 is 1.70 bits per heavy atom. The van der Waals surface area contributed by atoms with Gasteiger partial charge in [-0.1, -0.05) is 30.8 Å². The average Bonchev–Trinajstić information content (AvgIpc) is 3.48. The number of likely N-dealkylation sites (N-methyl/N-ethyl adjacent to an activating group) is 2. The van der Waals surface area contributed by atoms with Crippen LogP contribution in [0.5, 0.6) is 11.5 Å². The van der Waals surface area contributed by atoms with Crippen molar-refractivity contribution in [2.75, 3.05) is 63.7 Å². The van der Waals surface area contributed by atoms with Crippen molar-refractivity contribution < 1.29 is 14.3 Å². The highest BCUT2D eigenvalue weighted by Gasteiger charge is 2.25. The Kier molecular flexibility index (Phi) is 9.06. The molecule has 11 nitrogen and oxygen atoms in total. The van der Waals surface area contributed by atoms with Crippen LogP contribution in [-0.2, 0) is 4.79 Å². The minimum atomic E-state index is -0.332. The standard InChI is InChI=1S/C33H36N8O3/c1-7-31(42)37-26-20-29(30(44-6)21-28(26)39(4)18-17-38(2)3)41(33-34-15-10-16-35-33)40-22-36-32-25(13-9-14-27(32)40)23-11-8-12-24(19-23)43-5/h7-16,19-22H,1,17-18H2,2-6H3,(H,37,42). The van der Waals surface area contributed by atoms with Crippen LogP contribution in [0.25, 0.3) is 22.2 Å². The molecule has 2 aromatic heterocycles. The quantitative estimate of drug-likeness (QED) is 0.195. The second-order valence-electron chi connectivity index (χ2n) is 10.3. The number of carbonyl (C=O) groups is 1. The van der Waals surface area contributed by atoms with Gasteiger partial charge in [-0.3, -0.25) is 4.79 Å². The fourth-order valence-electron chi connectivity index (χ4n) is 4.89. The largest absolute Gasteiger partial charge is 0.497 e. The van der Waals surface area contributed by atoms with Gasteiger partial charge in [0.15, 0.2) is 0 Å². The highest BCUT2D eigenvalue weighted by molar-refractivity contribution is 6.02. The number of rotatable bonds is 12. The van der Waals surface area contributed by atoms with Crippen LogP contribution in [0.1, 0.15) is 0 Å². The van der Waals surface area contributed by atoms with Crippen molar-refractivity contribution in [2.24, 2.45) is 0 Å². The number of fused-ring (bicyclic) bond motifs is 1. The van der Waals surface area contributed by atoms with E-state index in [4.69, 9.17) is 14.5 Å². The molecule has 11 heteroatoms. The van der Waals surface area contributed by atoms with E-state index < -0.39 is 0 Å². The van der Waals surface area contributed by atoms with Crippen LogP contribution in [-0.4, -0.2) is 78.9 Å². The van der Waals surface area contributed by atoms with Crippen molar-refractivity contribution >= 4 is 40.0 Å². The predicted molar refractivity (Wildman–Crippen MR) is 175 cm³/mol. The molecule has 0 aliphatic rings. The highest BCUT2D eigenvalue weighted by atomic mass is 16.5. The molecular formula is C33H36N8O3. The van der Waals surface area contributed by atoms with Gasteiger partial charge in [0.25, 0.3) is 0 Å². The summed E-state index contributed by atoms with van der Waals surface area (Å²) in [6.07, 6.45) is 6.32. The number of carbonyl (C=O) groups excluding carboxylic acids is 1. The Balaban J connectivity index is 1.72. The molecular weight excluding hydrogens is 556 g/mol. The topological polar surface area (TPSA) is 101 Å². The molecule has 0 bridgehead atoms. The Bertz CT molecular complexity index is 1770. The molecule has 5 aromatic rings. The molecule has 2 heterocycles.